The molecule has 1 aliphatic rings. The minimum absolute atomic E-state index is 0. The van der Waals surface area contributed by atoms with Crippen LogP contribution < -0.4 is 20.1 Å². The Morgan fingerprint density at radius 1 is 1.24 bits per heavy atom. The van der Waals surface area contributed by atoms with Crippen LogP contribution in [0.25, 0.3) is 0 Å². The third kappa shape index (κ3) is 8.28. The van der Waals surface area contributed by atoms with Crippen LogP contribution in [0, 0.1) is 5.92 Å². The van der Waals surface area contributed by atoms with Crippen LogP contribution in [-0.4, -0.2) is 62.2 Å². The van der Waals surface area contributed by atoms with Gasteiger partial charge in [0.05, 0.1) is 13.7 Å². The summed E-state index contributed by atoms with van der Waals surface area (Å²) in [5, 5.41) is 6.72. The quantitative estimate of drug-likeness (QED) is 0.315. The van der Waals surface area contributed by atoms with Crippen molar-refractivity contribution in [2.45, 2.75) is 46.3 Å². The molecule has 1 aromatic carbocycles. The number of aliphatic imine (C=N–C) groups is 1. The zero-order valence-corrected chi connectivity index (χ0v) is 20.4. The van der Waals surface area contributed by atoms with Crippen molar-refractivity contribution in [3.8, 4) is 11.5 Å². The molecule has 1 amide bonds. The van der Waals surface area contributed by atoms with Crippen LogP contribution in [0.15, 0.2) is 29.3 Å². The first-order valence-electron chi connectivity index (χ1n) is 10.1. The fourth-order valence-electron chi connectivity index (χ4n) is 3.10. The Balaban J connectivity index is 0.00000420. The van der Waals surface area contributed by atoms with Gasteiger partial charge in [-0.25, -0.2) is 4.99 Å². The first kappa shape index (κ1) is 25.3. The van der Waals surface area contributed by atoms with Crippen LogP contribution >= 0.6 is 24.0 Å². The van der Waals surface area contributed by atoms with E-state index in [9.17, 15) is 4.79 Å². The van der Waals surface area contributed by atoms with Crippen molar-refractivity contribution in [2.75, 3.05) is 33.3 Å². The second-order valence-electron chi connectivity index (χ2n) is 7.39. The van der Waals surface area contributed by atoms with Crippen LogP contribution in [0.5, 0.6) is 11.5 Å². The maximum Gasteiger partial charge on any atom is 0.225 e. The number of benzene rings is 1. The molecule has 1 aliphatic heterocycles. The monoisotopic (exact) mass is 518 g/mol. The number of amides is 1. The molecule has 1 fully saturated rings. The highest BCUT2D eigenvalue weighted by Gasteiger charge is 2.27. The Kier molecular flexibility index (Phi) is 11.2. The van der Waals surface area contributed by atoms with Crippen molar-refractivity contribution < 1.29 is 14.3 Å². The van der Waals surface area contributed by atoms with Crippen LogP contribution in [0.4, 0.5) is 0 Å². The number of likely N-dealkylation sites (tertiary alicyclic amines) is 1. The van der Waals surface area contributed by atoms with E-state index in [4.69, 9.17) is 9.47 Å². The van der Waals surface area contributed by atoms with Gasteiger partial charge < -0.3 is 25.0 Å². The summed E-state index contributed by atoms with van der Waals surface area (Å²) in [5.41, 5.74) is 0. The molecule has 0 saturated carbocycles. The third-order valence-corrected chi connectivity index (χ3v) is 4.58. The molecule has 2 unspecified atom stereocenters. The fourth-order valence-corrected chi connectivity index (χ4v) is 3.10. The lowest BCUT2D eigenvalue weighted by molar-refractivity contribution is -0.133. The van der Waals surface area contributed by atoms with Gasteiger partial charge in [0, 0.05) is 31.6 Å². The van der Waals surface area contributed by atoms with E-state index in [1.165, 1.54) is 0 Å². The molecule has 0 bridgehead atoms. The summed E-state index contributed by atoms with van der Waals surface area (Å²) in [5.74, 6) is 2.61. The van der Waals surface area contributed by atoms with E-state index in [-0.39, 0.29) is 47.9 Å². The molecule has 0 radical (unpaired) electrons. The van der Waals surface area contributed by atoms with Crippen LogP contribution in [0.1, 0.15) is 34.1 Å². The summed E-state index contributed by atoms with van der Waals surface area (Å²) in [4.78, 5) is 18.7. The number of nitrogens with zero attached hydrogens (tertiary/aromatic N) is 2. The highest BCUT2D eigenvalue weighted by atomic mass is 127. The van der Waals surface area contributed by atoms with E-state index in [0.29, 0.717) is 6.54 Å². The summed E-state index contributed by atoms with van der Waals surface area (Å²) in [7, 11) is 1.64. The molecule has 2 N–H and O–H groups in total. The summed E-state index contributed by atoms with van der Waals surface area (Å²) in [6, 6.07) is 7.75. The topological polar surface area (TPSA) is 75.2 Å². The predicted octanol–water partition coefficient (Wildman–Crippen LogP) is 2.89. The molecular weight excluding hydrogens is 483 g/mol. The standard InChI is InChI=1S/C21H34N4O3.HI/c1-6-22-21(24-17-11-12-25(14-17)20(26)15(2)3)23-13-16(4)28-19-9-7-18(27-5)8-10-19;/h7-10,15-17H,6,11-14H2,1-5H3,(H2,22,23,24);1H. The van der Waals surface area contributed by atoms with Crippen molar-refractivity contribution in [1.82, 2.24) is 15.5 Å². The van der Waals surface area contributed by atoms with E-state index in [2.05, 4.69) is 15.6 Å². The second-order valence-corrected chi connectivity index (χ2v) is 7.39. The molecule has 2 rings (SSSR count). The number of carbonyl (C=O) groups excluding carboxylic acids is 1. The fraction of sp³-hybridized carbons (Fsp3) is 0.619. The lowest BCUT2D eigenvalue weighted by Gasteiger charge is -2.21. The van der Waals surface area contributed by atoms with Crippen LogP contribution in [0.2, 0.25) is 0 Å². The minimum atomic E-state index is -0.0635. The van der Waals surface area contributed by atoms with Gasteiger partial charge in [-0.2, -0.15) is 0 Å². The first-order chi connectivity index (χ1) is 13.4. The Labute approximate surface area is 191 Å². The van der Waals surface area contributed by atoms with Gasteiger partial charge in [0.25, 0.3) is 0 Å². The smallest absolute Gasteiger partial charge is 0.225 e. The molecule has 29 heavy (non-hydrogen) atoms. The molecule has 1 saturated heterocycles. The third-order valence-electron chi connectivity index (χ3n) is 4.58. The normalized spacial score (nSPS) is 17.5. The van der Waals surface area contributed by atoms with Gasteiger partial charge in [0.2, 0.25) is 5.91 Å². The molecule has 2 atom stereocenters. The SMILES string of the molecule is CCNC(=NCC(C)Oc1ccc(OC)cc1)NC1CCN(C(=O)C(C)C)C1.I. The Morgan fingerprint density at radius 3 is 2.48 bits per heavy atom. The summed E-state index contributed by atoms with van der Waals surface area (Å²) < 4.78 is 11.1. The van der Waals surface area contributed by atoms with E-state index in [0.717, 1.165) is 43.5 Å². The number of hydrogen-bond donors (Lipinski definition) is 2. The number of guanidine groups is 1. The van der Waals surface area contributed by atoms with Gasteiger partial charge in [-0.1, -0.05) is 13.8 Å². The van der Waals surface area contributed by atoms with Gasteiger partial charge in [0.1, 0.15) is 17.6 Å². The molecule has 0 spiro atoms. The molecular formula is C21H35IN4O3. The van der Waals surface area contributed by atoms with E-state index in [1.807, 2.05) is 56.9 Å². The van der Waals surface area contributed by atoms with Crippen LogP contribution in [-0.2, 0) is 4.79 Å². The zero-order valence-electron chi connectivity index (χ0n) is 18.1. The zero-order chi connectivity index (χ0) is 20.5. The summed E-state index contributed by atoms with van der Waals surface area (Å²) >= 11 is 0. The molecule has 1 aromatic rings. The highest BCUT2D eigenvalue weighted by Crippen LogP contribution is 2.18. The molecule has 1 heterocycles. The number of ether oxygens (including phenoxy) is 2. The van der Waals surface area contributed by atoms with E-state index in [1.54, 1.807) is 7.11 Å². The number of nitrogens with one attached hydrogen (secondary N) is 2. The number of carbonyl (C=O) groups is 1. The number of hydrogen-bond acceptors (Lipinski definition) is 4. The molecule has 164 valence electrons. The summed E-state index contributed by atoms with van der Waals surface area (Å²) in [6.07, 6.45) is 0.868. The van der Waals surface area contributed by atoms with Gasteiger partial charge >= 0.3 is 0 Å². The maximum atomic E-state index is 12.2. The van der Waals surface area contributed by atoms with Crippen molar-refractivity contribution in [3.63, 3.8) is 0 Å². The van der Waals surface area contributed by atoms with E-state index >= 15 is 0 Å². The Hall–Kier alpha value is -1.71. The van der Waals surface area contributed by atoms with Gasteiger partial charge in [-0.15, -0.1) is 24.0 Å². The Morgan fingerprint density at radius 2 is 1.90 bits per heavy atom. The lowest BCUT2D eigenvalue weighted by Crippen LogP contribution is -2.45. The number of rotatable bonds is 8. The summed E-state index contributed by atoms with van der Waals surface area (Å²) in [6.45, 7) is 10.7. The average molecular weight is 518 g/mol. The minimum Gasteiger partial charge on any atom is -0.497 e. The Bertz CT molecular complexity index is 652. The first-order valence-corrected chi connectivity index (χ1v) is 10.1. The maximum absolute atomic E-state index is 12.2. The van der Waals surface area contributed by atoms with Crippen molar-refractivity contribution in [3.05, 3.63) is 24.3 Å². The number of halogens is 1. The highest BCUT2D eigenvalue weighted by molar-refractivity contribution is 14.0. The second kappa shape index (κ2) is 12.8. The average Bonchev–Trinajstić information content (AvgIpc) is 3.14. The van der Waals surface area contributed by atoms with Crippen LogP contribution in [0.3, 0.4) is 0 Å². The van der Waals surface area contributed by atoms with Gasteiger partial charge in [-0.05, 0) is 44.5 Å². The van der Waals surface area contributed by atoms with Crippen molar-refractivity contribution in [2.24, 2.45) is 10.9 Å². The molecule has 0 aliphatic carbocycles. The molecule has 0 aromatic heterocycles. The molecule has 7 nitrogen and oxygen atoms in total. The lowest BCUT2D eigenvalue weighted by atomic mass is 10.2. The van der Waals surface area contributed by atoms with Gasteiger partial charge in [0.15, 0.2) is 5.96 Å². The van der Waals surface area contributed by atoms with E-state index < -0.39 is 0 Å². The largest absolute Gasteiger partial charge is 0.497 e. The predicted molar refractivity (Wildman–Crippen MR) is 127 cm³/mol. The van der Waals surface area contributed by atoms with Gasteiger partial charge in [-0.3, -0.25) is 4.79 Å². The molecule has 8 heteroatoms. The van der Waals surface area contributed by atoms with Crippen molar-refractivity contribution in [1.29, 1.82) is 0 Å². The number of methoxy groups -OCH3 is 1. The van der Waals surface area contributed by atoms with Crippen molar-refractivity contribution >= 4 is 35.8 Å².